The van der Waals surface area contributed by atoms with Crippen molar-refractivity contribution in [2.75, 3.05) is 11.9 Å². The van der Waals surface area contributed by atoms with Gasteiger partial charge < -0.3 is 26.2 Å². The third-order valence-electron chi connectivity index (χ3n) is 2.52. The van der Waals surface area contributed by atoms with Crippen LogP contribution < -0.4 is 21.1 Å². The van der Waals surface area contributed by atoms with Crippen molar-refractivity contribution in [3.8, 4) is 5.75 Å². The SMILES string of the molecule is CC(C)(NC(=O)Nc1ccc(OCC(=O)O)cc1)C(N)=O. The molecule has 0 atom stereocenters. The Morgan fingerprint density at radius 2 is 1.81 bits per heavy atom. The summed E-state index contributed by atoms with van der Waals surface area (Å²) in [6.45, 7) is 2.52. The summed E-state index contributed by atoms with van der Waals surface area (Å²) >= 11 is 0. The van der Waals surface area contributed by atoms with Crippen LogP contribution in [-0.4, -0.2) is 35.2 Å². The minimum atomic E-state index is -1.17. The zero-order chi connectivity index (χ0) is 16.0. The monoisotopic (exact) mass is 295 g/mol. The molecule has 0 heterocycles. The highest BCUT2D eigenvalue weighted by atomic mass is 16.5. The molecular weight excluding hydrogens is 278 g/mol. The average Bonchev–Trinajstić information content (AvgIpc) is 2.36. The zero-order valence-electron chi connectivity index (χ0n) is 11.7. The predicted octanol–water partition coefficient (Wildman–Crippen LogP) is 0.535. The molecule has 8 nitrogen and oxygen atoms in total. The number of carboxylic acid groups (broad SMARTS) is 1. The maximum absolute atomic E-state index is 11.7. The third-order valence-corrected chi connectivity index (χ3v) is 2.52. The van der Waals surface area contributed by atoms with Crippen molar-refractivity contribution in [1.82, 2.24) is 5.32 Å². The molecule has 21 heavy (non-hydrogen) atoms. The number of carbonyl (C=O) groups excluding carboxylic acids is 2. The molecule has 5 N–H and O–H groups in total. The maximum Gasteiger partial charge on any atom is 0.341 e. The Kier molecular flexibility index (Phi) is 5.12. The first-order valence-electron chi connectivity index (χ1n) is 6.04. The van der Waals surface area contributed by atoms with Crippen molar-refractivity contribution in [3.63, 3.8) is 0 Å². The number of carboxylic acids is 1. The van der Waals surface area contributed by atoms with Gasteiger partial charge in [-0.2, -0.15) is 0 Å². The van der Waals surface area contributed by atoms with Crippen molar-refractivity contribution in [2.45, 2.75) is 19.4 Å². The van der Waals surface area contributed by atoms with Gasteiger partial charge in [0, 0.05) is 5.69 Å². The first-order valence-corrected chi connectivity index (χ1v) is 6.04. The molecule has 0 spiro atoms. The molecule has 0 aliphatic heterocycles. The molecule has 0 saturated heterocycles. The van der Waals surface area contributed by atoms with Gasteiger partial charge in [0.2, 0.25) is 5.91 Å². The Bertz CT molecular complexity index is 539. The van der Waals surface area contributed by atoms with Crippen molar-refractivity contribution in [2.24, 2.45) is 5.73 Å². The van der Waals surface area contributed by atoms with Crippen LogP contribution in [0.3, 0.4) is 0 Å². The Morgan fingerprint density at radius 1 is 1.24 bits per heavy atom. The second-order valence-corrected chi connectivity index (χ2v) is 4.78. The summed E-state index contributed by atoms with van der Waals surface area (Å²) in [4.78, 5) is 33.1. The number of hydrogen-bond acceptors (Lipinski definition) is 4. The zero-order valence-corrected chi connectivity index (χ0v) is 11.7. The van der Waals surface area contributed by atoms with Crippen LogP contribution in [0.4, 0.5) is 10.5 Å². The molecule has 1 aromatic carbocycles. The number of hydrogen-bond donors (Lipinski definition) is 4. The number of anilines is 1. The normalized spacial score (nSPS) is 10.6. The lowest BCUT2D eigenvalue weighted by molar-refractivity contribution is -0.139. The van der Waals surface area contributed by atoms with E-state index in [-0.39, 0.29) is 0 Å². The molecule has 0 aliphatic rings. The Hall–Kier alpha value is -2.77. The van der Waals surface area contributed by atoms with E-state index in [0.717, 1.165) is 0 Å². The van der Waals surface area contributed by atoms with Gasteiger partial charge >= 0.3 is 12.0 Å². The number of aliphatic carboxylic acids is 1. The van der Waals surface area contributed by atoms with E-state index in [1.165, 1.54) is 38.1 Å². The Morgan fingerprint density at radius 3 is 2.29 bits per heavy atom. The van der Waals surface area contributed by atoms with Crippen LogP contribution in [0.15, 0.2) is 24.3 Å². The molecule has 0 saturated carbocycles. The number of nitrogens with two attached hydrogens (primary N) is 1. The number of amides is 3. The lowest BCUT2D eigenvalue weighted by atomic mass is 10.1. The van der Waals surface area contributed by atoms with Crippen molar-refractivity contribution in [1.29, 1.82) is 0 Å². The van der Waals surface area contributed by atoms with E-state index in [0.29, 0.717) is 11.4 Å². The molecule has 0 bridgehead atoms. The van der Waals surface area contributed by atoms with Gasteiger partial charge in [-0.05, 0) is 38.1 Å². The van der Waals surface area contributed by atoms with E-state index >= 15 is 0 Å². The van der Waals surface area contributed by atoms with Crippen LogP contribution in [0.2, 0.25) is 0 Å². The lowest BCUT2D eigenvalue weighted by Crippen LogP contribution is -2.54. The number of nitrogens with one attached hydrogen (secondary N) is 2. The van der Waals surface area contributed by atoms with Gasteiger partial charge in [-0.3, -0.25) is 4.79 Å². The molecular formula is C13H17N3O5. The highest BCUT2D eigenvalue weighted by Gasteiger charge is 2.26. The summed E-state index contributed by atoms with van der Waals surface area (Å²) in [5, 5.41) is 13.4. The maximum atomic E-state index is 11.7. The molecule has 8 heteroatoms. The second-order valence-electron chi connectivity index (χ2n) is 4.78. The summed E-state index contributed by atoms with van der Waals surface area (Å²) in [6, 6.07) is 5.51. The van der Waals surface area contributed by atoms with Crippen LogP contribution in [0.25, 0.3) is 0 Å². The van der Waals surface area contributed by atoms with Crippen LogP contribution >= 0.6 is 0 Å². The molecule has 3 amide bonds. The van der Waals surface area contributed by atoms with E-state index < -0.39 is 30.1 Å². The van der Waals surface area contributed by atoms with E-state index in [9.17, 15) is 14.4 Å². The number of urea groups is 1. The molecule has 0 aliphatic carbocycles. The Balaban J connectivity index is 2.57. The van der Waals surface area contributed by atoms with Crippen LogP contribution in [0, 0.1) is 0 Å². The smallest absolute Gasteiger partial charge is 0.341 e. The predicted molar refractivity (Wildman–Crippen MR) is 75.0 cm³/mol. The minimum absolute atomic E-state index is 0.362. The number of carbonyl (C=O) groups is 3. The highest BCUT2D eigenvalue weighted by Crippen LogP contribution is 2.15. The van der Waals surface area contributed by atoms with Crippen LogP contribution in [-0.2, 0) is 9.59 Å². The summed E-state index contributed by atoms with van der Waals surface area (Å²) in [6.07, 6.45) is 0. The van der Waals surface area contributed by atoms with Gasteiger partial charge in [0.05, 0.1) is 0 Å². The van der Waals surface area contributed by atoms with E-state index in [2.05, 4.69) is 10.6 Å². The molecule has 0 aromatic heterocycles. The summed E-state index contributed by atoms with van der Waals surface area (Å²) in [5.74, 6) is -1.37. The van der Waals surface area contributed by atoms with Crippen LogP contribution in [0.5, 0.6) is 5.75 Å². The first kappa shape index (κ1) is 16.3. The Labute approximate surface area is 121 Å². The number of ether oxygens (including phenoxy) is 1. The van der Waals surface area contributed by atoms with Gasteiger partial charge in [-0.15, -0.1) is 0 Å². The lowest BCUT2D eigenvalue weighted by Gasteiger charge is -2.22. The molecule has 0 radical (unpaired) electrons. The topological polar surface area (TPSA) is 131 Å². The second kappa shape index (κ2) is 6.60. The standard InChI is InChI=1S/C13H17N3O5/c1-13(2,11(14)19)16-12(20)15-8-3-5-9(6-4-8)21-7-10(17)18/h3-6H,7H2,1-2H3,(H2,14,19)(H,17,18)(H2,15,16,20). The van der Waals surface area contributed by atoms with Gasteiger partial charge in [-0.1, -0.05) is 0 Å². The van der Waals surface area contributed by atoms with Crippen LogP contribution in [0.1, 0.15) is 13.8 Å². The molecule has 114 valence electrons. The average molecular weight is 295 g/mol. The fraction of sp³-hybridized carbons (Fsp3) is 0.308. The van der Waals surface area contributed by atoms with E-state index in [1.807, 2.05) is 0 Å². The summed E-state index contributed by atoms with van der Waals surface area (Å²) in [7, 11) is 0. The minimum Gasteiger partial charge on any atom is -0.482 e. The van der Waals surface area contributed by atoms with Crippen molar-refractivity contribution < 1.29 is 24.2 Å². The highest BCUT2D eigenvalue weighted by molar-refractivity contribution is 5.95. The quantitative estimate of drug-likeness (QED) is 0.608. The molecule has 0 unspecified atom stereocenters. The van der Waals surface area contributed by atoms with Crippen molar-refractivity contribution >= 4 is 23.6 Å². The number of rotatable bonds is 6. The molecule has 1 aromatic rings. The van der Waals surface area contributed by atoms with Gasteiger partial charge in [0.25, 0.3) is 0 Å². The van der Waals surface area contributed by atoms with Gasteiger partial charge in [0.1, 0.15) is 11.3 Å². The first-order chi connectivity index (χ1) is 9.70. The van der Waals surface area contributed by atoms with Gasteiger partial charge in [-0.25, -0.2) is 9.59 Å². The molecule has 1 rings (SSSR count). The number of primary amides is 1. The van der Waals surface area contributed by atoms with Gasteiger partial charge in [0.15, 0.2) is 6.61 Å². The fourth-order valence-electron chi connectivity index (χ4n) is 1.29. The van der Waals surface area contributed by atoms with E-state index in [4.69, 9.17) is 15.6 Å². The third kappa shape index (κ3) is 5.39. The van der Waals surface area contributed by atoms with Crippen molar-refractivity contribution in [3.05, 3.63) is 24.3 Å². The largest absolute Gasteiger partial charge is 0.482 e. The van der Waals surface area contributed by atoms with E-state index in [1.54, 1.807) is 0 Å². The summed E-state index contributed by atoms with van der Waals surface area (Å²) < 4.78 is 4.95. The number of benzene rings is 1. The fourth-order valence-corrected chi connectivity index (χ4v) is 1.29. The summed E-state index contributed by atoms with van der Waals surface area (Å²) in [5.41, 5.74) is 4.43. The molecule has 0 fully saturated rings.